The number of aryl methyl sites for hydroxylation is 1. The van der Waals surface area contributed by atoms with E-state index in [9.17, 15) is 13.6 Å². The molecule has 0 atom stereocenters. The van der Waals surface area contributed by atoms with Crippen LogP contribution in [0.4, 0.5) is 8.78 Å². The zero-order chi connectivity index (χ0) is 16.4. The molecule has 0 unspecified atom stereocenters. The van der Waals surface area contributed by atoms with Gasteiger partial charge in [-0.2, -0.15) is 8.78 Å². The molecule has 1 aromatic rings. The van der Waals surface area contributed by atoms with Crippen molar-refractivity contribution in [2.24, 2.45) is 0 Å². The quantitative estimate of drug-likeness (QED) is 0.811. The van der Waals surface area contributed by atoms with Gasteiger partial charge in [0.25, 0.3) is 0 Å². The third-order valence-corrected chi connectivity index (χ3v) is 4.57. The molecule has 2 aliphatic rings. The minimum atomic E-state index is -2.87. The largest absolute Gasteiger partial charge is 0.434 e. The summed E-state index contributed by atoms with van der Waals surface area (Å²) in [6.45, 7) is -0.808. The first-order valence-electron chi connectivity index (χ1n) is 8.09. The molecule has 6 heteroatoms. The standard InChI is InChI=1S/C17H22F2N2O2/c1-11-3-6-14(23-16(18)19)12(9-11)10-20-15(22)17(7-2-8-17)21-13-4-5-13/h3,6,9,13,16,21H,2,4-5,7-8,10H2,1H3,(H,20,22). The van der Waals surface area contributed by atoms with Gasteiger partial charge in [0.2, 0.25) is 5.91 Å². The number of ether oxygens (including phenoxy) is 1. The highest BCUT2D eigenvalue weighted by atomic mass is 19.3. The zero-order valence-corrected chi connectivity index (χ0v) is 13.2. The highest BCUT2D eigenvalue weighted by molar-refractivity contribution is 5.87. The molecule has 0 bridgehead atoms. The Bertz CT molecular complexity index is 584. The van der Waals surface area contributed by atoms with Crippen LogP contribution in [0.3, 0.4) is 0 Å². The highest BCUT2D eigenvalue weighted by Crippen LogP contribution is 2.36. The Morgan fingerprint density at radius 3 is 2.70 bits per heavy atom. The maximum absolute atomic E-state index is 12.5. The second-order valence-electron chi connectivity index (χ2n) is 6.53. The second kappa shape index (κ2) is 6.43. The lowest BCUT2D eigenvalue weighted by atomic mass is 9.75. The van der Waals surface area contributed by atoms with Crippen LogP contribution in [-0.4, -0.2) is 24.1 Å². The third-order valence-electron chi connectivity index (χ3n) is 4.57. The van der Waals surface area contributed by atoms with Crippen molar-refractivity contribution in [3.63, 3.8) is 0 Å². The summed E-state index contributed by atoms with van der Waals surface area (Å²) in [6, 6.07) is 5.45. The molecule has 126 valence electrons. The van der Waals surface area contributed by atoms with Crippen LogP contribution in [0.5, 0.6) is 5.75 Å². The molecule has 0 saturated heterocycles. The Morgan fingerprint density at radius 1 is 1.39 bits per heavy atom. The molecule has 1 amide bonds. The smallest absolute Gasteiger partial charge is 0.387 e. The lowest BCUT2D eigenvalue weighted by Gasteiger charge is -2.41. The van der Waals surface area contributed by atoms with Crippen LogP contribution in [0.25, 0.3) is 0 Å². The maximum Gasteiger partial charge on any atom is 0.387 e. The van der Waals surface area contributed by atoms with Crippen molar-refractivity contribution in [3.05, 3.63) is 29.3 Å². The molecule has 3 rings (SSSR count). The lowest BCUT2D eigenvalue weighted by molar-refractivity contribution is -0.131. The molecule has 2 saturated carbocycles. The van der Waals surface area contributed by atoms with E-state index in [4.69, 9.17) is 0 Å². The van der Waals surface area contributed by atoms with Crippen molar-refractivity contribution in [2.75, 3.05) is 0 Å². The first kappa shape index (κ1) is 16.2. The zero-order valence-electron chi connectivity index (χ0n) is 13.2. The van der Waals surface area contributed by atoms with E-state index in [1.54, 1.807) is 12.1 Å². The van der Waals surface area contributed by atoms with Crippen LogP contribution < -0.4 is 15.4 Å². The van der Waals surface area contributed by atoms with Crippen LogP contribution in [-0.2, 0) is 11.3 Å². The van der Waals surface area contributed by atoms with Gasteiger partial charge in [-0.1, -0.05) is 17.7 Å². The number of carbonyl (C=O) groups excluding carboxylic acids is 1. The summed E-state index contributed by atoms with van der Waals surface area (Å²) in [5.74, 6) is 0.0730. The summed E-state index contributed by atoms with van der Waals surface area (Å²) < 4.78 is 29.5. The molecule has 23 heavy (non-hydrogen) atoms. The van der Waals surface area contributed by atoms with Crippen LogP contribution in [0, 0.1) is 6.92 Å². The fourth-order valence-corrected chi connectivity index (χ4v) is 2.99. The summed E-state index contributed by atoms with van der Waals surface area (Å²) >= 11 is 0. The molecule has 0 spiro atoms. The van der Waals surface area contributed by atoms with Gasteiger partial charge in [0.05, 0.1) is 5.54 Å². The topological polar surface area (TPSA) is 50.4 Å². The van der Waals surface area contributed by atoms with Crippen molar-refractivity contribution in [1.29, 1.82) is 0 Å². The predicted molar refractivity (Wildman–Crippen MR) is 82.4 cm³/mol. The summed E-state index contributed by atoms with van der Waals surface area (Å²) in [7, 11) is 0. The van der Waals surface area contributed by atoms with Gasteiger partial charge in [0, 0.05) is 18.2 Å². The van der Waals surface area contributed by atoms with E-state index in [0.29, 0.717) is 11.6 Å². The average molecular weight is 324 g/mol. The Kier molecular flexibility index (Phi) is 4.53. The minimum absolute atomic E-state index is 0.0415. The molecular weight excluding hydrogens is 302 g/mol. The molecule has 2 N–H and O–H groups in total. The summed E-state index contributed by atoms with van der Waals surface area (Å²) in [4.78, 5) is 12.5. The Balaban J connectivity index is 1.65. The van der Waals surface area contributed by atoms with E-state index in [-0.39, 0.29) is 18.2 Å². The molecule has 4 nitrogen and oxygen atoms in total. The summed E-state index contributed by atoms with van der Waals surface area (Å²) in [5.41, 5.74) is 1.04. The van der Waals surface area contributed by atoms with Crippen LogP contribution >= 0.6 is 0 Å². The van der Waals surface area contributed by atoms with Crippen molar-refractivity contribution >= 4 is 5.91 Å². The Labute approximate surface area is 134 Å². The SMILES string of the molecule is Cc1ccc(OC(F)F)c(CNC(=O)C2(NC3CC3)CCC2)c1. The number of rotatable bonds is 7. The van der Waals surface area contributed by atoms with E-state index in [1.165, 1.54) is 6.07 Å². The molecule has 1 aromatic carbocycles. The van der Waals surface area contributed by atoms with Crippen molar-refractivity contribution < 1.29 is 18.3 Å². The van der Waals surface area contributed by atoms with Gasteiger partial charge in [-0.3, -0.25) is 4.79 Å². The number of nitrogens with one attached hydrogen (secondary N) is 2. The Morgan fingerprint density at radius 2 is 2.13 bits per heavy atom. The van der Waals surface area contributed by atoms with E-state index < -0.39 is 12.2 Å². The molecular formula is C17H22F2N2O2. The number of hydrogen-bond donors (Lipinski definition) is 2. The highest BCUT2D eigenvalue weighted by Gasteiger charge is 2.46. The van der Waals surface area contributed by atoms with E-state index in [2.05, 4.69) is 15.4 Å². The van der Waals surface area contributed by atoms with Gasteiger partial charge in [0.1, 0.15) is 5.75 Å². The van der Waals surface area contributed by atoms with Crippen LogP contribution in [0.15, 0.2) is 18.2 Å². The van der Waals surface area contributed by atoms with E-state index >= 15 is 0 Å². The van der Waals surface area contributed by atoms with Gasteiger partial charge in [-0.25, -0.2) is 0 Å². The summed E-state index contributed by atoms with van der Waals surface area (Å²) in [6.07, 6.45) is 4.96. The lowest BCUT2D eigenvalue weighted by Crippen LogP contribution is -2.61. The van der Waals surface area contributed by atoms with Crippen LogP contribution in [0.1, 0.15) is 43.2 Å². The number of alkyl halides is 2. The number of carbonyl (C=O) groups is 1. The first-order valence-corrected chi connectivity index (χ1v) is 8.09. The minimum Gasteiger partial charge on any atom is -0.434 e. The van der Waals surface area contributed by atoms with Gasteiger partial charge in [-0.05, 0) is 45.1 Å². The number of halogens is 2. The van der Waals surface area contributed by atoms with Crippen LogP contribution in [0.2, 0.25) is 0 Å². The second-order valence-corrected chi connectivity index (χ2v) is 6.53. The maximum atomic E-state index is 12.5. The van der Waals surface area contributed by atoms with Crippen molar-refractivity contribution in [3.8, 4) is 5.75 Å². The summed E-state index contributed by atoms with van der Waals surface area (Å²) in [5, 5.41) is 6.32. The Hall–Kier alpha value is -1.69. The van der Waals surface area contributed by atoms with Crippen molar-refractivity contribution in [1.82, 2.24) is 10.6 Å². The molecule has 2 fully saturated rings. The first-order chi connectivity index (χ1) is 11.0. The van der Waals surface area contributed by atoms with E-state index in [0.717, 1.165) is 37.7 Å². The van der Waals surface area contributed by atoms with E-state index in [1.807, 2.05) is 6.92 Å². The number of amides is 1. The predicted octanol–water partition coefficient (Wildman–Crippen LogP) is 2.89. The number of hydrogen-bond acceptors (Lipinski definition) is 3. The molecule has 2 aliphatic carbocycles. The van der Waals surface area contributed by atoms with Crippen molar-refractivity contribution in [2.45, 2.75) is 63.8 Å². The molecule has 0 radical (unpaired) electrons. The van der Waals surface area contributed by atoms with Gasteiger partial charge >= 0.3 is 6.61 Å². The van der Waals surface area contributed by atoms with Gasteiger partial charge < -0.3 is 15.4 Å². The third kappa shape index (κ3) is 3.80. The fraction of sp³-hybridized carbons (Fsp3) is 0.588. The average Bonchev–Trinajstić information content (AvgIpc) is 3.26. The molecule has 0 aliphatic heterocycles. The normalized spacial score (nSPS) is 19.3. The monoisotopic (exact) mass is 324 g/mol. The number of benzene rings is 1. The van der Waals surface area contributed by atoms with Gasteiger partial charge in [0.15, 0.2) is 0 Å². The fourth-order valence-electron chi connectivity index (χ4n) is 2.99. The molecule has 0 heterocycles. The molecule has 0 aromatic heterocycles. The van der Waals surface area contributed by atoms with Gasteiger partial charge in [-0.15, -0.1) is 0 Å².